The maximum Gasteiger partial charge on any atom is 0.253 e. The molecule has 216 valence electrons. The van der Waals surface area contributed by atoms with Gasteiger partial charge in [-0.25, -0.2) is 13.4 Å². The van der Waals surface area contributed by atoms with Crippen LogP contribution in [0.4, 0.5) is 5.00 Å². The molecule has 0 radical (unpaired) electrons. The van der Waals surface area contributed by atoms with Gasteiger partial charge in [-0.2, -0.15) is 4.31 Å². The van der Waals surface area contributed by atoms with Gasteiger partial charge in [0.05, 0.1) is 10.2 Å². The zero-order valence-corrected chi connectivity index (χ0v) is 26.1. The number of hydrogen-bond donors (Lipinski definition) is 1. The van der Waals surface area contributed by atoms with Gasteiger partial charge in [-0.3, -0.25) is 9.69 Å². The van der Waals surface area contributed by atoms with E-state index in [4.69, 9.17) is 4.98 Å². The molecule has 1 unspecified atom stereocenters. The molecular formula is C31H30N4O3S4. The summed E-state index contributed by atoms with van der Waals surface area (Å²) in [5.41, 5.74) is 4.45. The Morgan fingerprint density at radius 1 is 0.976 bits per heavy atom. The lowest BCUT2D eigenvalue weighted by Gasteiger charge is -2.33. The van der Waals surface area contributed by atoms with Gasteiger partial charge >= 0.3 is 0 Å². The summed E-state index contributed by atoms with van der Waals surface area (Å²) >= 11 is 4.43. The minimum atomic E-state index is -3.75. The van der Waals surface area contributed by atoms with Gasteiger partial charge in [-0.1, -0.05) is 55.0 Å². The minimum Gasteiger partial charge on any atom is -0.316 e. The molecule has 0 aliphatic carbocycles. The Hall–Kier alpha value is -2.93. The molecule has 1 N–H and O–H groups in total. The molecule has 7 nitrogen and oxygen atoms in total. The van der Waals surface area contributed by atoms with Crippen LogP contribution in [-0.2, 0) is 34.3 Å². The van der Waals surface area contributed by atoms with Gasteiger partial charge in [0.15, 0.2) is 0 Å². The summed E-state index contributed by atoms with van der Waals surface area (Å²) in [4.78, 5) is 22.6. The molecule has 0 bridgehead atoms. The third-order valence-corrected chi connectivity index (χ3v) is 13.4. The number of carbonyl (C=O) groups is 1. The number of benzene rings is 2. The number of fused-ring (bicyclic) bond motifs is 2. The van der Waals surface area contributed by atoms with Crippen LogP contribution < -0.4 is 5.32 Å². The summed E-state index contributed by atoms with van der Waals surface area (Å²) in [7, 11) is -3.75. The summed E-state index contributed by atoms with van der Waals surface area (Å²) in [6.07, 6.45) is 2.93. The largest absolute Gasteiger partial charge is 0.316 e. The van der Waals surface area contributed by atoms with Gasteiger partial charge in [0.25, 0.3) is 10.0 Å². The average Bonchev–Trinajstić information content (AvgIpc) is 3.76. The first-order valence-corrected chi connectivity index (χ1v) is 18.1. The van der Waals surface area contributed by atoms with Crippen LogP contribution in [0.2, 0.25) is 0 Å². The van der Waals surface area contributed by atoms with Crippen molar-refractivity contribution in [2.75, 3.05) is 18.4 Å². The highest BCUT2D eigenvalue weighted by Crippen LogP contribution is 2.46. The van der Waals surface area contributed by atoms with Crippen LogP contribution in [0.15, 0.2) is 76.3 Å². The molecule has 0 spiro atoms. The molecule has 42 heavy (non-hydrogen) atoms. The Morgan fingerprint density at radius 3 is 2.62 bits per heavy atom. The van der Waals surface area contributed by atoms with E-state index < -0.39 is 16.1 Å². The maximum atomic E-state index is 13.9. The Labute approximate surface area is 257 Å². The van der Waals surface area contributed by atoms with E-state index in [0.29, 0.717) is 13.0 Å². The Kier molecular flexibility index (Phi) is 7.72. The highest BCUT2D eigenvalue weighted by atomic mass is 32.2. The van der Waals surface area contributed by atoms with E-state index in [1.165, 1.54) is 31.6 Å². The first-order chi connectivity index (χ1) is 20.5. The summed E-state index contributed by atoms with van der Waals surface area (Å²) < 4.78 is 29.8. The quantitative estimate of drug-likeness (QED) is 0.212. The van der Waals surface area contributed by atoms with Gasteiger partial charge in [0.1, 0.15) is 20.3 Å². The Morgan fingerprint density at radius 2 is 1.81 bits per heavy atom. The van der Waals surface area contributed by atoms with Crippen molar-refractivity contribution in [2.24, 2.45) is 0 Å². The van der Waals surface area contributed by atoms with E-state index in [-0.39, 0.29) is 10.1 Å². The average molecular weight is 635 g/mol. The van der Waals surface area contributed by atoms with Crippen LogP contribution in [0.5, 0.6) is 0 Å². The number of nitrogens with zero attached hydrogens (tertiary/aromatic N) is 3. The lowest BCUT2D eigenvalue weighted by molar-refractivity contribution is -0.120. The number of thiazole rings is 1. The smallest absolute Gasteiger partial charge is 0.253 e. The van der Waals surface area contributed by atoms with Crippen molar-refractivity contribution in [3.8, 4) is 10.6 Å². The fourth-order valence-corrected chi connectivity index (χ4v) is 11.1. The van der Waals surface area contributed by atoms with E-state index >= 15 is 0 Å². The molecule has 3 aromatic heterocycles. The lowest BCUT2D eigenvalue weighted by Crippen LogP contribution is -2.49. The van der Waals surface area contributed by atoms with E-state index in [0.717, 1.165) is 64.7 Å². The van der Waals surface area contributed by atoms with Crippen LogP contribution in [0.25, 0.3) is 20.8 Å². The second kappa shape index (κ2) is 11.6. The predicted octanol–water partition coefficient (Wildman–Crippen LogP) is 6.83. The van der Waals surface area contributed by atoms with Gasteiger partial charge in [-0.15, -0.1) is 34.0 Å². The molecule has 1 saturated heterocycles. The van der Waals surface area contributed by atoms with Crippen LogP contribution in [0.3, 0.4) is 0 Å². The number of para-hydroxylation sites is 1. The number of hydrogen-bond acceptors (Lipinski definition) is 8. The van der Waals surface area contributed by atoms with E-state index in [2.05, 4.69) is 40.5 Å². The zero-order valence-electron chi connectivity index (χ0n) is 22.9. The zero-order chi connectivity index (χ0) is 28.7. The number of rotatable bonds is 7. The number of piperidine rings is 1. The highest BCUT2D eigenvalue weighted by Gasteiger charge is 2.39. The van der Waals surface area contributed by atoms with Gasteiger partial charge in [-0.05, 0) is 54.0 Å². The monoisotopic (exact) mass is 634 g/mol. The summed E-state index contributed by atoms with van der Waals surface area (Å²) in [6, 6.07) is 21.2. The first kappa shape index (κ1) is 27.9. The van der Waals surface area contributed by atoms with Crippen molar-refractivity contribution in [1.29, 1.82) is 0 Å². The molecule has 5 heterocycles. The van der Waals surface area contributed by atoms with Crippen molar-refractivity contribution in [1.82, 2.24) is 14.2 Å². The van der Waals surface area contributed by atoms with Crippen molar-refractivity contribution < 1.29 is 13.2 Å². The number of amides is 1. The summed E-state index contributed by atoms with van der Waals surface area (Å²) in [6.45, 7) is 2.93. The third-order valence-electron chi connectivity index (χ3n) is 7.94. The molecule has 1 fully saturated rings. The number of sulfonamides is 1. The highest BCUT2D eigenvalue weighted by molar-refractivity contribution is 7.91. The number of aromatic nitrogens is 1. The molecule has 2 aliphatic heterocycles. The normalized spacial score (nSPS) is 18.2. The van der Waals surface area contributed by atoms with E-state index in [1.54, 1.807) is 40.2 Å². The number of thiophene rings is 2. The van der Waals surface area contributed by atoms with Gasteiger partial charge in [0, 0.05) is 36.6 Å². The minimum absolute atomic E-state index is 0.267. The van der Waals surface area contributed by atoms with Crippen LogP contribution in [0, 0.1) is 0 Å². The molecule has 2 aromatic carbocycles. The summed E-state index contributed by atoms with van der Waals surface area (Å²) in [5.74, 6) is -0.267. The van der Waals surface area contributed by atoms with Crippen LogP contribution in [-0.4, -0.2) is 47.6 Å². The van der Waals surface area contributed by atoms with Gasteiger partial charge < -0.3 is 5.32 Å². The fourth-order valence-electron chi connectivity index (χ4n) is 5.90. The van der Waals surface area contributed by atoms with E-state index in [1.807, 2.05) is 24.3 Å². The molecular weight excluding hydrogens is 605 g/mol. The van der Waals surface area contributed by atoms with Crippen molar-refractivity contribution >= 4 is 65.2 Å². The van der Waals surface area contributed by atoms with Crippen molar-refractivity contribution in [2.45, 2.75) is 49.0 Å². The predicted molar refractivity (Wildman–Crippen MR) is 172 cm³/mol. The van der Waals surface area contributed by atoms with Crippen molar-refractivity contribution in [3.63, 3.8) is 0 Å². The molecule has 7 rings (SSSR count). The molecule has 11 heteroatoms. The molecule has 0 saturated carbocycles. The molecule has 1 atom stereocenters. The second-order valence-corrected chi connectivity index (χ2v) is 15.9. The molecule has 2 aliphatic rings. The van der Waals surface area contributed by atoms with Crippen molar-refractivity contribution in [3.05, 3.63) is 88.1 Å². The number of nitrogens with one attached hydrogen (secondary N) is 1. The second-order valence-electron chi connectivity index (χ2n) is 10.7. The third kappa shape index (κ3) is 5.34. The fraction of sp³-hybridized carbons (Fsp3) is 0.290. The standard InChI is InChI=1S/C31H30N4O3S4/c36-29(24-12-6-7-16-35(24)42(37,38)27-14-8-18-39-27)33-31-28(30-32-23-11-4-5-13-25(23)40-30)22-15-17-34(20-26(22)41-31)19-21-9-2-1-3-10-21/h1-5,8-11,13-14,18,24H,6-7,12,15-17,19-20H2,(H,33,36). The van der Waals surface area contributed by atoms with Crippen LogP contribution >= 0.6 is 34.0 Å². The SMILES string of the molecule is O=C(Nc1sc2c(c1-c1nc3ccccc3s1)CCN(Cc1ccccc1)C2)C1CCCCN1S(=O)(=O)c1cccs1. The van der Waals surface area contributed by atoms with E-state index in [9.17, 15) is 13.2 Å². The Bertz CT molecular complexity index is 1800. The number of carbonyl (C=O) groups excluding carboxylic acids is 1. The molecule has 5 aromatic rings. The maximum absolute atomic E-state index is 13.9. The van der Waals surface area contributed by atoms with Crippen LogP contribution in [0.1, 0.15) is 35.3 Å². The first-order valence-electron chi connectivity index (χ1n) is 14.1. The Balaban J connectivity index is 1.22. The molecule has 1 amide bonds. The lowest BCUT2D eigenvalue weighted by atomic mass is 10.0. The van der Waals surface area contributed by atoms with Gasteiger partial charge in [0.2, 0.25) is 5.91 Å². The summed E-state index contributed by atoms with van der Waals surface area (Å²) in [5, 5.41) is 6.64. The number of anilines is 1. The topological polar surface area (TPSA) is 82.6 Å².